The van der Waals surface area contributed by atoms with Crippen molar-refractivity contribution in [3.63, 3.8) is 0 Å². The van der Waals surface area contributed by atoms with E-state index in [0.717, 1.165) is 24.4 Å². The molecular formula is C13H20O. The number of rotatable bonds is 3. The van der Waals surface area contributed by atoms with Gasteiger partial charge in [0.2, 0.25) is 0 Å². The molecule has 3 rings (SSSR count). The Bertz CT molecular complexity index is 227. The predicted molar refractivity (Wildman–Crippen MR) is 57.1 cm³/mol. The summed E-state index contributed by atoms with van der Waals surface area (Å²) >= 11 is 0. The van der Waals surface area contributed by atoms with Gasteiger partial charge in [-0.05, 0) is 43.4 Å². The minimum Gasteiger partial charge on any atom is -0.378 e. The van der Waals surface area contributed by atoms with Crippen molar-refractivity contribution in [3.8, 4) is 0 Å². The molecule has 78 valence electrons. The summed E-state index contributed by atoms with van der Waals surface area (Å²) in [6, 6.07) is 0. The van der Waals surface area contributed by atoms with E-state index in [1.165, 1.54) is 38.5 Å². The number of fused-ring (bicyclic) bond motifs is 2. The fraction of sp³-hybridized carbons (Fsp3) is 0.846. The molecule has 0 spiro atoms. The highest BCUT2D eigenvalue weighted by Crippen LogP contribution is 2.43. The summed E-state index contributed by atoms with van der Waals surface area (Å²) in [5.74, 6) is 2.61. The smallest absolute Gasteiger partial charge is 0.0575 e. The monoisotopic (exact) mass is 192 g/mol. The number of hydrogen-bond donors (Lipinski definition) is 0. The molecule has 0 amide bonds. The molecule has 1 nitrogen and oxygen atoms in total. The van der Waals surface area contributed by atoms with Gasteiger partial charge in [-0.2, -0.15) is 0 Å². The predicted octanol–water partition coefficient (Wildman–Crippen LogP) is 3.16. The molecular weight excluding hydrogens is 172 g/mol. The first-order valence-electron chi connectivity index (χ1n) is 6.22. The highest BCUT2D eigenvalue weighted by atomic mass is 16.5. The van der Waals surface area contributed by atoms with E-state index in [1.54, 1.807) is 0 Å². The summed E-state index contributed by atoms with van der Waals surface area (Å²) in [6.45, 7) is 1.04. The molecule has 3 aliphatic rings. The quantitative estimate of drug-likeness (QED) is 0.624. The summed E-state index contributed by atoms with van der Waals surface area (Å²) in [7, 11) is 0. The zero-order chi connectivity index (χ0) is 9.38. The van der Waals surface area contributed by atoms with Crippen LogP contribution in [-0.4, -0.2) is 12.7 Å². The van der Waals surface area contributed by atoms with Crippen LogP contribution in [0.4, 0.5) is 0 Å². The Morgan fingerprint density at radius 1 is 1.07 bits per heavy atom. The van der Waals surface area contributed by atoms with Crippen molar-refractivity contribution < 1.29 is 4.74 Å². The van der Waals surface area contributed by atoms with Crippen molar-refractivity contribution in [2.24, 2.45) is 17.8 Å². The molecule has 0 aliphatic heterocycles. The molecule has 2 fully saturated rings. The highest BCUT2D eigenvalue weighted by molar-refractivity contribution is 5.10. The lowest BCUT2D eigenvalue weighted by atomic mass is 9.94. The number of allylic oxidation sites excluding steroid dienone is 2. The van der Waals surface area contributed by atoms with E-state index < -0.39 is 0 Å². The van der Waals surface area contributed by atoms with Crippen LogP contribution in [0.25, 0.3) is 0 Å². The zero-order valence-corrected chi connectivity index (χ0v) is 8.82. The van der Waals surface area contributed by atoms with Crippen molar-refractivity contribution in [1.82, 2.24) is 0 Å². The fourth-order valence-electron chi connectivity index (χ4n) is 3.40. The topological polar surface area (TPSA) is 9.23 Å². The molecule has 0 N–H and O–H groups in total. The molecule has 0 aromatic rings. The molecule has 2 saturated carbocycles. The summed E-state index contributed by atoms with van der Waals surface area (Å²) in [5, 5.41) is 0. The van der Waals surface area contributed by atoms with Gasteiger partial charge in [0.1, 0.15) is 0 Å². The van der Waals surface area contributed by atoms with E-state index in [1.807, 2.05) is 0 Å². The minimum absolute atomic E-state index is 0.609. The van der Waals surface area contributed by atoms with Crippen molar-refractivity contribution in [2.75, 3.05) is 6.61 Å². The molecule has 0 aromatic heterocycles. The molecule has 0 heterocycles. The first-order valence-corrected chi connectivity index (χ1v) is 6.22. The number of hydrogen-bond acceptors (Lipinski definition) is 1. The Labute approximate surface area is 86.5 Å². The Morgan fingerprint density at radius 3 is 2.57 bits per heavy atom. The molecule has 0 saturated heterocycles. The van der Waals surface area contributed by atoms with Crippen molar-refractivity contribution in [1.29, 1.82) is 0 Å². The SMILES string of the molecule is C1=CC2CC1CC2COC1CCCC1. The second-order valence-corrected chi connectivity index (χ2v) is 5.28. The van der Waals surface area contributed by atoms with Crippen LogP contribution in [0.5, 0.6) is 0 Å². The maximum Gasteiger partial charge on any atom is 0.0575 e. The second-order valence-electron chi connectivity index (χ2n) is 5.28. The average molecular weight is 192 g/mol. The van der Waals surface area contributed by atoms with Crippen LogP contribution in [0.15, 0.2) is 12.2 Å². The summed E-state index contributed by atoms with van der Waals surface area (Å²) < 4.78 is 6.01. The van der Waals surface area contributed by atoms with E-state index >= 15 is 0 Å². The first kappa shape index (κ1) is 8.96. The third-order valence-corrected chi connectivity index (χ3v) is 4.26. The minimum atomic E-state index is 0.609. The van der Waals surface area contributed by atoms with Crippen LogP contribution in [-0.2, 0) is 4.74 Å². The normalized spacial score (nSPS) is 41.3. The summed E-state index contributed by atoms with van der Waals surface area (Å²) in [4.78, 5) is 0. The van der Waals surface area contributed by atoms with E-state index in [4.69, 9.17) is 4.74 Å². The van der Waals surface area contributed by atoms with E-state index in [-0.39, 0.29) is 0 Å². The molecule has 2 bridgehead atoms. The lowest BCUT2D eigenvalue weighted by Crippen LogP contribution is -2.18. The Balaban J connectivity index is 1.47. The van der Waals surface area contributed by atoms with Gasteiger partial charge in [-0.15, -0.1) is 0 Å². The highest BCUT2D eigenvalue weighted by Gasteiger charge is 2.35. The lowest BCUT2D eigenvalue weighted by molar-refractivity contribution is 0.0279. The van der Waals surface area contributed by atoms with Crippen LogP contribution < -0.4 is 0 Å². The van der Waals surface area contributed by atoms with Gasteiger partial charge >= 0.3 is 0 Å². The largest absolute Gasteiger partial charge is 0.378 e. The summed E-state index contributed by atoms with van der Waals surface area (Å²) in [5.41, 5.74) is 0. The molecule has 3 unspecified atom stereocenters. The van der Waals surface area contributed by atoms with Gasteiger partial charge in [0.25, 0.3) is 0 Å². The second kappa shape index (κ2) is 3.69. The maximum absolute atomic E-state index is 6.01. The van der Waals surface area contributed by atoms with Gasteiger partial charge in [-0.25, -0.2) is 0 Å². The van der Waals surface area contributed by atoms with Crippen LogP contribution in [0.2, 0.25) is 0 Å². The van der Waals surface area contributed by atoms with Crippen LogP contribution >= 0.6 is 0 Å². The Kier molecular flexibility index (Phi) is 2.36. The zero-order valence-electron chi connectivity index (χ0n) is 8.82. The van der Waals surface area contributed by atoms with E-state index in [0.29, 0.717) is 6.10 Å². The van der Waals surface area contributed by atoms with Gasteiger partial charge < -0.3 is 4.74 Å². The molecule has 0 radical (unpaired) electrons. The maximum atomic E-state index is 6.01. The van der Waals surface area contributed by atoms with Gasteiger partial charge in [0, 0.05) is 0 Å². The van der Waals surface area contributed by atoms with E-state index in [9.17, 15) is 0 Å². The molecule has 3 atom stereocenters. The van der Waals surface area contributed by atoms with Crippen molar-refractivity contribution >= 4 is 0 Å². The third kappa shape index (κ3) is 1.63. The van der Waals surface area contributed by atoms with Crippen LogP contribution in [0, 0.1) is 17.8 Å². The van der Waals surface area contributed by atoms with Gasteiger partial charge in [-0.3, -0.25) is 0 Å². The standard InChI is InChI=1S/C13H20O/c1-2-4-13(3-1)14-9-12-8-10-5-6-11(12)7-10/h5-6,10-13H,1-4,7-9H2. The van der Waals surface area contributed by atoms with Crippen LogP contribution in [0.3, 0.4) is 0 Å². The van der Waals surface area contributed by atoms with Gasteiger partial charge in [0.05, 0.1) is 12.7 Å². The molecule has 1 heteroatoms. The average Bonchev–Trinajstić information content (AvgIpc) is 2.91. The molecule has 0 aromatic carbocycles. The van der Waals surface area contributed by atoms with Gasteiger partial charge in [-0.1, -0.05) is 25.0 Å². The molecule has 3 aliphatic carbocycles. The van der Waals surface area contributed by atoms with Gasteiger partial charge in [0.15, 0.2) is 0 Å². The third-order valence-electron chi connectivity index (χ3n) is 4.26. The van der Waals surface area contributed by atoms with Crippen molar-refractivity contribution in [2.45, 2.75) is 44.6 Å². The first-order chi connectivity index (χ1) is 6.92. The fourth-order valence-corrected chi connectivity index (χ4v) is 3.40. The van der Waals surface area contributed by atoms with Crippen molar-refractivity contribution in [3.05, 3.63) is 12.2 Å². The lowest BCUT2D eigenvalue weighted by Gasteiger charge is -2.20. The molecule has 14 heavy (non-hydrogen) atoms. The summed E-state index contributed by atoms with van der Waals surface area (Å²) in [6.07, 6.45) is 13.7. The van der Waals surface area contributed by atoms with E-state index in [2.05, 4.69) is 12.2 Å². The Morgan fingerprint density at radius 2 is 1.93 bits per heavy atom. The number of ether oxygens (including phenoxy) is 1. The Hall–Kier alpha value is -0.300. The van der Waals surface area contributed by atoms with Crippen LogP contribution in [0.1, 0.15) is 38.5 Å².